The predicted molar refractivity (Wildman–Crippen MR) is 142 cm³/mol. The van der Waals surface area contributed by atoms with Crippen molar-refractivity contribution in [2.45, 2.75) is 150 Å². The number of unbranched alkanes of at least 4 members (excludes halogenated alkanes) is 8. The van der Waals surface area contributed by atoms with Crippen molar-refractivity contribution in [3.05, 3.63) is 34.9 Å². The molecule has 0 amide bonds. The smallest absolute Gasteiger partial charge is 0.0245 e. The van der Waals surface area contributed by atoms with Crippen LogP contribution in [0, 0.1) is 11.8 Å². The molecule has 0 saturated heterocycles. The molecule has 0 radical (unpaired) electrons. The van der Waals surface area contributed by atoms with Crippen molar-refractivity contribution in [3.8, 4) is 0 Å². The zero-order chi connectivity index (χ0) is 22.7. The maximum atomic E-state index is 2.48. The van der Waals surface area contributed by atoms with Gasteiger partial charge in [0.2, 0.25) is 0 Å². The molecule has 180 valence electrons. The van der Waals surface area contributed by atoms with Crippen LogP contribution in [0.15, 0.2) is 18.2 Å². The van der Waals surface area contributed by atoms with E-state index in [1.165, 1.54) is 116 Å². The molecule has 1 aromatic carbocycles. The van der Waals surface area contributed by atoms with Gasteiger partial charge in [0.25, 0.3) is 0 Å². The zero-order valence-corrected chi connectivity index (χ0v) is 22.1. The van der Waals surface area contributed by atoms with E-state index < -0.39 is 0 Å². The lowest BCUT2D eigenvalue weighted by atomic mass is 9.82. The van der Waals surface area contributed by atoms with Gasteiger partial charge in [-0.15, -0.1) is 0 Å². The van der Waals surface area contributed by atoms with Crippen molar-refractivity contribution in [2.75, 3.05) is 0 Å². The molecule has 0 aliphatic carbocycles. The second kappa shape index (κ2) is 18.8. The average molecular weight is 429 g/mol. The summed E-state index contributed by atoms with van der Waals surface area (Å²) in [5.41, 5.74) is 5.14. The lowest BCUT2D eigenvalue weighted by Crippen LogP contribution is -2.12. The second-order valence-electron chi connectivity index (χ2n) is 10.2. The molecule has 1 rings (SSSR count). The van der Waals surface area contributed by atoms with Gasteiger partial charge in [0, 0.05) is 0 Å². The molecule has 0 aromatic heterocycles. The Morgan fingerprint density at radius 2 is 1.06 bits per heavy atom. The van der Waals surface area contributed by atoms with Crippen LogP contribution in [0.25, 0.3) is 0 Å². The van der Waals surface area contributed by atoms with Crippen molar-refractivity contribution >= 4 is 0 Å². The van der Waals surface area contributed by atoms with E-state index in [9.17, 15) is 0 Å². The predicted octanol–water partition coefficient (Wildman–Crippen LogP) is 10.5. The average Bonchev–Trinajstić information content (AvgIpc) is 2.79. The molecule has 2 atom stereocenters. The van der Waals surface area contributed by atoms with Gasteiger partial charge in [-0.3, -0.25) is 0 Å². The monoisotopic (exact) mass is 428 g/mol. The van der Waals surface area contributed by atoms with Gasteiger partial charge in [-0.05, 0) is 54.2 Å². The minimum absolute atomic E-state index is 0.864. The van der Waals surface area contributed by atoms with Gasteiger partial charge in [-0.1, -0.05) is 143 Å². The third-order valence-electron chi connectivity index (χ3n) is 7.51. The molecule has 0 spiro atoms. The Balaban J connectivity index is 2.87. The fourth-order valence-electron chi connectivity index (χ4n) is 5.13. The summed E-state index contributed by atoms with van der Waals surface area (Å²) < 4.78 is 0. The molecule has 0 saturated carbocycles. The second-order valence-corrected chi connectivity index (χ2v) is 10.2. The normalized spacial score (nSPS) is 13.5. The van der Waals surface area contributed by atoms with E-state index >= 15 is 0 Å². The quantitative estimate of drug-likeness (QED) is 0.181. The van der Waals surface area contributed by atoms with Crippen LogP contribution in [0.1, 0.15) is 148 Å². The van der Waals surface area contributed by atoms with Crippen molar-refractivity contribution in [3.63, 3.8) is 0 Å². The molecule has 31 heavy (non-hydrogen) atoms. The van der Waals surface area contributed by atoms with Gasteiger partial charge in [-0.25, -0.2) is 0 Å². The first kappa shape index (κ1) is 28.3. The number of hydrogen-bond donors (Lipinski definition) is 0. The standard InChI is InChI=1S/C31H56/c1-6-11-14-15-16-17-18-22-29-23-19-24-30(25-27(9-4)20-12-7-2)31(29)26-28(10-5)21-13-8-3/h19,23-24,27-28H,6-18,20-22,25-26H2,1-5H3. The number of hydrogen-bond acceptors (Lipinski definition) is 0. The van der Waals surface area contributed by atoms with E-state index in [1.807, 2.05) is 0 Å². The summed E-state index contributed by atoms with van der Waals surface area (Å²) in [6.07, 6.45) is 24.7. The largest absolute Gasteiger partial charge is 0.0654 e. The van der Waals surface area contributed by atoms with Crippen molar-refractivity contribution in [1.82, 2.24) is 0 Å². The first-order valence-electron chi connectivity index (χ1n) is 14.3. The molecule has 0 aliphatic rings. The highest BCUT2D eigenvalue weighted by molar-refractivity contribution is 5.36. The zero-order valence-electron chi connectivity index (χ0n) is 22.1. The Hall–Kier alpha value is -0.780. The maximum Gasteiger partial charge on any atom is -0.0245 e. The van der Waals surface area contributed by atoms with Crippen LogP contribution in [-0.2, 0) is 19.3 Å². The van der Waals surface area contributed by atoms with Gasteiger partial charge in [0.15, 0.2) is 0 Å². The molecule has 0 aliphatic heterocycles. The lowest BCUT2D eigenvalue weighted by Gasteiger charge is -2.23. The van der Waals surface area contributed by atoms with E-state index in [2.05, 4.69) is 52.8 Å². The molecule has 0 heterocycles. The molecular weight excluding hydrogens is 372 g/mol. The minimum Gasteiger partial charge on any atom is -0.0654 e. The van der Waals surface area contributed by atoms with Crippen LogP contribution in [0.4, 0.5) is 0 Å². The summed E-state index contributed by atoms with van der Waals surface area (Å²) in [5.74, 6) is 1.73. The fraction of sp³-hybridized carbons (Fsp3) is 0.806. The third kappa shape index (κ3) is 12.1. The Labute approximate surface area is 197 Å². The van der Waals surface area contributed by atoms with Crippen LogP contribution in [0.3, 0.4) is 0 Å². The van der Waals surface area contributed by atoms with Crippen LogP contribution in [0.5, 0.6) is 0 Å². The van der Waals surface area contributed by atoms with Gasteiger partial charge in [0.1, 0.15) is 0 Å². The minimum atomic E-state index is 0.864. The summed E-state index contributed by atoms with van der Waals surface area (Å²) in [6.45, 7) is 11.8. The van der Waals surface area contributed by atoms with Crippen molar-refractivity contribution in [2.24, 2.45) is 11.8 Å². The molecule has 0 N–H and O–H groups in total. The maximum absolute atomic E-state index is 2.48. The van der Waals surface area contributed by atoms with E-state index in [0.717, 1.165) is 11.8 Å². The lowest BCUT2D eigenvalue weighted by molar-refractivity contribution is 0.433. The first-order chi connectivity index (χ1) is 15.2. The Morgan fingerprint density at radius 3 is 1.65 bits per heavy atom. The highest BCUT2D eigenvalue weighted by Gasteiger charge is 2.16. The summed E-state index contributed by atoms with van der Waals surface area (Å²) in [7, 11) is 0. The van der Waals surface area contributed by atoms with Gasteiger partial charge >= 0.3 is 0 Å². The summed E-state index contributed by atoms with van der Waals surface area (Å²) in [5, 5.41) is 0. The molecule has 2 unspecified atom stereocenters. The highest BCUT2D eigenvalue weighted by Crippen LogP contribution is 2.29. The summed E-state index contributed by atoms with van der Waals surface area (Å²) in [4.78, 5) is 0. The third-order valence-corrected chi connectivity index (χ3v) is 7.51. The van der Waals surface area contributed by atoms with Crippen molar-refractivity contribution in [1.29, 1.82) is 0 Å². The number of aryl methyl sites for hydroxylation is 1. The Kier molecular flexibility index (Phi) is 17.1. The van der Waals surface area contributed by atoms with Crippen LogP contribution < -0.4 is 0 Å². The molecule has 0 bridgehead atoms. The van der Waals surface area contributed by atoms with Crippen LogP contribution >= 0.6 is 0 Å². The summed E-state index contributed by atoms with van der Waals surface area (Å²) >= 11 is 0. The highest BCUT2D eigenvalue weighted by atomic mass is 14.2. The van der Waals surface area contributed by atoms with Crippen LogP contribution in [0.2, 0.25) is 0 Å². The van der Waals surface area contributed by atoms with Gasteiger partial charge in [0.05, 0.1) is 0 Å². The topological polar surface area (TPSA) is 0 Å². The van der Waals surface area contributed by atoms with Gasteiger partial charge < -0.3 is 0 Å². The van der Waals surface area contributed by atoms with E-state index in [4.69, 9.17) is 0 Å². The van der Waals surface area contributed by atoms with Crippen LogP contribution in [-0.4, -0.2) is 0 Å². The molecule has 0 heteroatoms. The molecule has 0 nitrogen and oxygen atoms in total. The molecule has 0 fully saturated rings. The van der Waals surface area contributed by atoms with Crippen molar-refractivity contribution < 1.29 is 0 Å². The SMILES string of the molecule is CCCCCCCCCc1cccc(CC(CC)CCCC)c1CC(CC)CCCC. The number of rotatable bonds is 20. The summed E-state index contributed by atoms with van der Waals surface area (Å²) in [6, 6.07) is 7.31. The molecular formula is C31H56. The first-order valence-corrected chi connectivity index (χ1v) is 14.3. The van der Waals surface area contributed by atoms with E-state index in [-0.39, 0.29) is 0 Å². The Bertz CT molecular complexity index is 529. The molecule has 1 aromatic rings. The van der Waals surface area contributed by atoms with E-state index in [0.29, 0.717) is 0 Å². The van der Waals surface area contributed by atoms with Gasteiger partial charge in [-0.2, -0.15) is 0 Å². The Morgan fingerprint density at radius 1 is 0.548 bits per heavy atom. The number of benzene rings is 1. The van der Waals surface area contributed by atoms with E-state index in [1.54, 1.807) is 16.7 Å². The fourth-order valence-corrected chi connectivity index (χ4v) is 5.13.